The number of hydrogen-bond donors (Lipinski definition) is 2. The molecule has 1 unspecified atom stereocenters. The van der Waals surface area contributed by atoms with Crippen molar-refractivity contribution in [1.82, 2.24) is 14.9 Å². The molecule has 2 aromatic rings. The van der Waals surface area contributed by atoms with Crippen LogP contribution in [0.5, 0.6) is 0 Å². The number of imidazole rings is 1. The van der Waals surface area contributed by atoms with E-state index in [0.717, 1.165) is 11.4 Å². The van der Waals surface area contributed by atoms with Crippen LogP contribution < -0.4 is 5.32 Å². The lowest BCUT2D eigenvalue weighted by molar-refractivity contribution is -0.122. The van der Waals surface area contributed by atoms with Gasteiger partial charge in [-0.15, -0.1) is 0 Å². The zero-order valence-corrected chi connectivity index (χ0v) is 14.0. The summed E-state index contributed by atoms with van der Waals surface area (Å²) < 4.78 is 2.00. The van der Waals surface area contributed by atoms with Crippen molar-refractivity contribution < 1.29 is 9.90 Å². The Kier molecular flexibility index (Phi) is 5.55. The van der Waals surface area contributed by atoms with E-state index in [1.165, 1.54) is 0 Å². The van der Waals surface area contributed by atoms with Crippen molar-refractivity contribution in [3.63, 3.8) is 0 Å². The molecule has 23 heavy (non-hydrogen) atoms. The number of carbonyl (C=O) groups excluding carboxylic acids is 1. The van der Waals surface area contributed by atoms with Crippen molar-refractivity contribution in [1.29, 1.82) is 0 Å². The van der Waals surface area contributed by atoms with E-state index in [1.54, 1.807) is 13.1 Å². The van der Waals surface area contributed by atoms with Crippen molar-refractivity contribution in [2.45, 2.75) is 45.3 Å². The Hall–Kier alpha value is -2.14. The fraction of sp³-hybridized carbons (Fsp3) is 0.444. The third-order valence-electron chi connectivity index (χ3n) is 3.87. The largest absolute Gasteiger partial charge is 0.384 e. The van der Waals surface area contributed by atoms with Crippen LogP contribution in [-0.2, 0) is 16.9 Å². The quantitative estimate of drug-likeness (QED) is 0.824. The van der Waals surface area contributed by atoms with Gasteiger partial charge in [-0.05, 0) is 12.5 Å². The number of carbonyl (C=O) groups is 1. The van der Waals surface area contributed by atoms with Gasteiger partial charge in [-0.2, -0.15) is 0 Å². The summed E-state index contributed by atoms with van der Waals surface area (Å²) >= 11 is 0. The number of rotatable bonds is 7. The number of nitrogens with one attached hydrogen (secondary N) is 1. The van der Waals surface area contributed by atoms with Gasteiger partial charge < -0.3 is 15.0 Å². The van der Waals surface area contributed by atoms with Crippen molar-refractivity contribution in [3.05, 3.63) is 54.1 Å². The van der Waals surface area contributed by atoms with Crippen LogP contribution in [0.2, 0.25) is 0 Å². The molecule has 0 aliphatic heterocycles. The summed E-state index contributed by atoms with van der Waals surface area (Å²) in [4.78, 5) is 16.4. The number of aromatic nitrogens is 2. The predicted octanol–water partition coefficient (Wildman–Crippen LogP) is 2.42. The molecule has 5 heteroatoms. The second kappa shape index (κ2) is 7.42. The molecular weight excluding hydrogens is 290 g/mol. The normalized spacial score (nSPS) is 13.8. The van der Waals surface area contributed by atoms with Crippen LogP contribution in [0.4, 0.5) is 0 Å². The van der Waals surface area contributed by atoms with E-state index < -0.39 is 5.60 Å². The van der Waals surface area contributed by atoms with E-state index in [2.05, 4.69) is 24.1 Å². The Morgan fingerprint density at radius 1 is 1.35 bits per heavy atom. The first-order chi connectivity index (χ1) is 10.9. The second-order valence-electron chi connectivity index (χ2n) is 6.30. The van der Waals surface area contributed by atoms with Crippen LogP contribution >= 0.6 is 0 Å². The molecule has 0 radical (unpaired) electrons. The van der Waals surface area contributed by atoms with Crippen LogP contribution in [0, 0.1) is 0 Å². The molecular formula is C18H25N3O2. The van der Waals surface area contributed by atoms with Crippen molar-refractivity contribution in [2.24, 2.45) is 0 Å². The highest BCUT2D eigenvalue weighted by molar-refractivity contribution is 5.75. The van der Waals surface area contributed by atoms with Gasteiger partial charge in [-0.3, -0.25) is 4.79 Å². The zero-order valence-electron chi connectivity index (χ0n) is 14.0. The smallest absolute Gasteiger partial charge is 0.221 e. The number of nitrogens with zero attached hydrogens (tertiary/aromatic N) is 2. The molecule has 0 spiro atoms. The molecule has 0 aliphatic rings. The van der Waals surface area contributed by atoms with Gasteiger partial charge in [0.05, 0.1) is 6.54 Å². The van der Waals surface area contributed by atoms with Crippen molar-refractivity contribution >= 4 is 5.91 Å². The lowest BCUT2D eigenvalue weighted by Crippen LogP contribution is -2.38. The first-order valence-electron chi connectivity index (χ1n) is 7.96. The summed E-state index contributed by atoms with van der Waals surface area (Å²) in [6.45, 7) is 6.64. The van der Waals surface area contributed by atoms with Crippen molar-refractivity contribution in [3.8, 4) is 0 Å². The molecule has 2 rings (SSSR count). The molecule has 1 atom stereocenters. The maximum atomic E-state index is 12.0. The summed E-state index contributed by atoms with van der Waals surface area (Å²) in [6.07, 6.45) is 4.01. The Balaban J connectivity index is 1.84. The van der Waals surface area contributed by atoms with Gasteiger partial charge in [0.2, 0.25) is 5.91 Å². The number of amides is 1. The number of benzene rings is 1. The molecule has 5 nitrogen and oxygen atoms in total. The summed E-state index contributed by atoms with van der Waals surface area (Å²) in [5, 5.41) is 13.3. The van der Waals surface area contributed by atoms with Gasteiger partial charge in [0.25, 0.3) is 0 Å². The summed E-state index contributed by atoms with van der Waals surface area (Å²) in [5.41, 5.74) is -0.285. The second-order valence-corrected chi connectivity index (χ2v) is 6.30. The van der Waals surface area contributed by atoms with Crippen LogP contribution in [0.25, 0.3) is 0 Å². The van der Waals surface area contributed by atoms with Gasteiger partial charge in [-0.1, -0.05) is 44.2 Å². The summed E-state index contributed by atoms with van der Waals surface area (Å²) in [6, 6.07) is 9.35. The minimum atomic E-state index is -1.07. The Labute approximate surface area is 137 Å². The number of aryl methyl sites for hydroxylation is 1. The minimum Gasteiger partial charge on any atom is -0.384 e. The first-order valence-corrected chi connectivity index (χ1v) is 7.96. The van der Waals surface area contributed by atoms with Crippen LogP contribution in [0.3, 0.4) is 0 Å². The number of aliphatic hydroxyl groups is 1. The average Bonchev–Trinajstić information content (AvgIpc) is 3.01. The molecule has 1 amide bonds. The Morgan fingerprint density at radius 2 is 2.04 bits per heavy atom. The molecule has 0 bridgehead atoms. The van der Waals surface area contributed by atoms with E-state index in [4.69, 9.17) is 0 Å². The van der Waals surface area contributed by atoms with Gasteiger partial charge in [-0.25, -0.2) is 4.98 Å². The molecule has 124 valence electrons. The van der Waals surface area contributed by atoms with Crippen LogP contribution in [0.1, 0.15) is 44.5 Å². The average molecular weight is 315 g/mol. The van der Waals surface area contributed by atoms with E-state index in [9.17, 15) is 9.90 Å². The van der Waals surface area contributed by atoms with E-state index in [0.29, 0.717) is 18.9 Å². The summed E-state index contributed by atoms with van der Waals surface area (Å²) in [7, 11) is 0. The third kappa shape index (κ3) is 4.66. The highest BCUT2D eigenvalue weighted by atomic mass is 16.3. The van der Waals surface area contributed by atoms with Gasteiger partial charge >= 0.3 is 0 Å². The molecule has 0 saturated carbocycles. The van der Waals surface area contributed by atoms with Crippen LogP contribution in [-0.4, -0.2) is 27.1 Å². The third-order valence-corrected chi connectivity index (χ3v) is 3.87. The predicted molar refractivity (Wildman–Crippen MR) is 90.0 cm³/mol. The zero-order chi connectivity index (χ0) is 16.9. The topological polar surface area (TPSA) is 67.2 Å². The highest BCUT2D eigenvalue weighted by Crippen LogP contribution is 2.19. The lowest BCUT2D eigenvalue weighted by Gasteiger charge is -2.24. The fourth-order valence-electron chi connectivity index (χ4n) is 2.49. The monoisotopic (exact) mass is 315 g/mol. The van der Waals surface area contributed by atoms with Gasteiger partial charge in [0, 0.05) is 31.3 Å². The molecule has 1 heterocycles. The molecule has 1 aromatic heterocycles. The molecule has 1 aromatic carbocycles. The van der Waals surface area contributed by atoms with Crippen molar-refractivity contribution in [2.75, 3.05) is 6.54 Å². The van der Waals surface area contributed by atoms with Gasteiger partial charge in [0.1, 0.15) is 11.4 Å². The first kappa shape index (κ1) is 17.2. The standard InChI is InChI=1S/C18H25N3O2/c1-14(2)17-19-10-12-21(17)11-9-16(22)20-13-18(3,23)15-7-5-4-6-8-15/h4-8,10,12,14,23H,9,11,13H2,1-3H3,(H,20,22). The van der Waals surface area contributed by atoms with E-state index in [1.807, 2.05) is 41.1 Å². The Bertz CT molecular complexity index is 633. The number of hydrogen-bond acceptors (Lipinski definition) is 3. The van der Waals surface area contributed by atoms with E-state index >= 15 is 0 Å². The molecule has 2 N–H and O–H groups in total. The minimum absolute atomic E-state index is 0.0791. The highest BCUT2D eigenvalue weighted by Gasteiger charge is 2.23. The lowest BCUT2D eigenvalue weighted by atomic mass is 9.96. The summed E-state index contributed by atoms with van der Waals surface area (Å²) in [5.74, 6) is 1.23. The molecule has 0 fully saturated rings. The molecule has 0 aliphatic carbocycles. The SMILES string of the molecule is CC(C)c1nccn1CCC(=O)NCC(C)(O)c1ccccc1. The van der Waals surface area contributed by atoms with E-state index in [-0.39, 0.29) is 12.5 Å². The fourth-order valence-corrected chi connectivity index (χ4v) is 2.49. The maximum absolute atomic E-state index is 12.0. The van der Waals surface area contributed by atoms with Crippen LogP contribution in [0.15, 0.2) is 42.7 Å². The van der Waals surface area contributed by atoms with Gasteiger partial charge in [0.15, 0.2) is 0 Å². The molecule has 0 saturated heterocycles. The Morgan fingerprint density at radius 3 is 2.70 bits per heavy atom. The maximum Gasteiger partial charge on any atom is 0.221 e.